The summed E-state index contributed by atoms with van der Waals surface area (Å²) in [6.45, 7) is 1.39. The van der Waals surface area contributed by atoms with E-state index in [1.807, 2.05) is 0 Å². The summed E-state index contributed by atoms with van der Waals surface area (Å²) in [7, 11) is 1.47. The number of aliphatic hydroxyl groups excluding tert-OH is 1. The zero-order valence-electron chi connectivity index (χ0n) is 11.2. The van der Waals surface area contributed by atoms with Gasteiger partial charge in [0.25, 0.3) is 0 Å². The zero-order chi connectivity index (χ0) is 14.9. The smallest absolute Gasteiger partial charge is 0.234 e. The molecule has 0 saturated carbocycles. The lowest BCUT2D eigenvalue weighted by molar-refractivity contribution is -0.117. The van der Waals surface area contributed by atoms with Gasteiger partial charge in [-0.2, -0.15) is 0 Å². The number of carbonyl (C=O) groups excluding carboxylic acids is 3. The lowest BCUT2D eigenvalue weighted by Gasteiger charge is -2.18. The molecule has 0 unspecified atom stereocenters. The molecule has 1 aliphatic carbocycles. The number of methoxy groups -OCH3 is 1. The van der Waals surface area contributed by atoms with Crippen molar-refractivity contribution in [3.63, 3.8) is 0 Å². The maximum Gasteiger partial charge on any atom is 0.234 e. The van der Waals surface area contributed by atoms with Crippen molar-refractivity contribution in [3.8, 4) is 5.75 Å². The molecule has 20 heavy (non-hydrogen) atoms. The molecular weight excluding hydrogens is 260 g/mol. The summed E-state index contributed by atoms with van der Waals surface area (Å²) in [6, 6.07) is 4.51. The summed E-state index contributed by atoms with van der Waals surface area (Å²) in [5, 5.41) is 10.2. The number of benzene rings is 1. The lowest BCUT2D eigenvalue weighted by Crippen LogP contribution is -2.24. The van der Waals surface area contributed by atoms with Crippen molar-refractivity contribution >= 4 is 23.1 Å². The van der Waals surface area contributed by atoms with E-state index in [0.717, 1.165) is 0 Å². The van der Waals surface area contributed by atoms with E-state index in [9.17, 15) is 19.5 Å². The highest BCUT2D eigenvalue weighted by Crippen LogP contribution is 2.32. The maximum absolute atomic E-state index is 12.0. The van der Waals surface area contributed by atoms with E-state index in [0.29, 0.717) is 5.75 Å². The summed E-state index contributed by atoms with van der Waals surface area (Å²) in [6.07, 6.45) is 0.167. The first-order valence-corrected chi connectivity index (χ1v) is 6.14. The van der Waals surface area contributed by atoms with Gasteiger partial charge in [-0.05, 0) is 31.5 Å². The van der Waals surface area contributed by atoms with Crippen LogP contribution >= 0.6 is 0 Å². The van der Waals surface area contributed by atoms with Gasteiger partial charge in [0.2, 0.25) is 11.6 Å². The molecule has 0 spiro atoms. The number of aliphatic hydroxyl groups is 1. The Bertz CT molecular complexity index is 640. The SMILES string of the molecule is COc1ccc2c(c1)C(O)=C(CCC(C)=O)C(=O)C2=O. The summed E-state index contributed by atoms with van der Waals surface area (Å²) < 4.78 is 5.04. The van der Waals surface area contributed by atoms with Gasteiger partial charge in [0.05, 0.1) is 7.11 Å². The van der Waals surface area contributed by atoms with Gasteiger partial charge < -0.3 is 14.6 Å². The van der Waals surface area contributed by atoms with Crippen LogP contribution in [0, 0.1) is 0 Å². The van der Waals surface area contributed by atoms with Crippen LogP contribution in [0.4, 0.5) is 0 Å². The number of allylic oxidation sites excluding steroid dienone is 1. The van der Waals surface area contributed by atoms with E-state index in [2.05, 4.69) is 0 Å². The quantitative estimate of drug-likeness (QED) is 0.850. The van der Waals surface area contributed by atoms with E-state index in [4.69, 9.17) is 4.74 Å². The molecular formula is C15H14O5. The lowest BCUT2D eigenvalue weighted by atomic mass is 9.86. The van der Waals surface area contributed by atoms with Gasteiger partial charge in [-0.1, -0.05) is 0 Å². The van der Waals surface area contributed by atoms with E-state index in [-0.39, 0.29) is 41.1 Å². The highest BCUT2D eigenvalue weighted by Gasteiger charge is 2.32. The number of ether oxygens (including phenoxy) is 1. The first-order chi connectivity index (χ1) is 9.45. The molecule has 5 nitrogen and oxygen atoms in total. The Balaban J connectivity index is 2.52. The van der Waals surface area contributed by atoms with Crippen LogP contribution in [-0.2, 0) is 9.59 Å². The number of rotatable bonds is 4. The number of ketones is 3. The molecule has 1 aromatic rings. The number of hydrogen-bond acceptors (Lipinski definition) is 5. The summed E-state index contributed by atoms with van der Waals surface area (Å²) >= 11 is 0. The van der Waals surface area contributed by atoms with Crippen molar-refractivity contribution in [2.45, 2.75) is 19.8 Å². The molecule has 0 amide bonds. The van der Waals surface area contributed by atoms with Crippen molar-refractivity contribution in [1.82, 2.24) is 0 Å². The molecule has 1 aromatic carbocycles. The summed E-state index contributed by atoms with van der Waals surface area (Å²) in [5.74, 6) is -1.30. The van der Waals surface area contributed by atoms with E-state index < -0.39 is 11.6 Å². The van der Waals surface area contributed by atoms with Crippen LogP contribution in [0.3, 0.4) is 0 Å². The molecule has 2 rings (SSSR count). The molecule has 0 radical (unpaired) electrons. The minimum atomic E-state index is -0.749. The monoisotopic (exact) mass is 274 g/mol. The van der Waals surface area contributed by atoms with Gasteiger partial charge in [-0.15, -0.1) is 0 Å². The third-order valence-electron chi connectivity index (χ3n) is 3.22. The second-order valence-corrected chi connectivity index (χ2v) is 4.60. The fraction of sp³-hybridized carbons (Fsp3) is 0.267. The molecule has 5 heteroatoms. The van der Waals surface area contributed by atoms with Crippen LogP contribution in [0.2, 0.25) is 0 Å². The fourth-order valence-electron chi connectivity index (χ4n) is 2.11. The van der Waals surface area contributed by atoms with Crippen LogP contribution in [0.1, 0.15) is 35.7 Å². The van der Waals surface area contributed by atoms with Crippen molar-refractivity contribution < 1.29 is 24.2 Å². The molecule has 1 aliphatic rings. The van der Waals surface area contributed by atoms with Crippen LogP contribution in [0.5, 0.6) is 5.75 Å². The molecule has 0 aromatic heterocycles. The Hall–Kier alpha value is -2.43. The van der Waals surface area contributed by atoms with Gasteiger partial charge in [0, 0.05) is 23.1 Å². The third kappa shape index (κ3) is 2.34. The van der Waals surface area contributed by atoms with Gasteiger partial charge in [-0.25, -0.2) is 0 Å². The van der Waals surface area contributed by atoms with Gasteiger partial charge in [-0.3, -0.25) is 9.59 Å². The van der Waals surface area contributed by atoms with Crippen LogP contribution in [0.15, 0.2) is 23.8 Å². The Kier molecular flexibility index (Phi) is 3.70. The van der Waals surface area contributed by atoms with Crippen LogP contribution < -0.4 is 4.74 Å². The van der Waals surface area contributed by atoms with Crippen molar-refractivity contribution in [2.75, 3.05) is 7.11 Å². The Morgan fingerprint density at radius 1 is 1.20 bits per heavy atom. The third-order valence-corrected chi connectivity index (χ3v) is 3.22. The maximum atomic E-state index is 12.0. The van der Waals surface area contributed by atoms with Gasteiger partial charge in [0.1, 0.15) is 17.3 Å². The molecule has 0 atom stereocenters. The molecule has 0 aliphatic heterocycles. The fourth-order valence-corrected chi connectivity index (χ4v) is 2.11. The van der Waals surface area contributed by atoms with Crippen molar-refractivity contribution in [2.24, 2.45) is 0 Å². The van der Waals surface area contributed by atoms with Gasteiger partial charge in [0.15, 0.2) is 0 Å². The number of fused-ring (bicyclic) bond motifs is 1. The van der Waals surface area contributed by atoms with Crippen LogP contribution in [-0.4, -0.2) is 29.6 Å². The second-order valence-electron chi connectivity index (χ2n) is 4.60. The molecule has 0 bridgehead atoms. The van der Waals surface area contributed by atoms with E-state index in [1.54, 1.807) is 6.07 Å². The Labute approximate surface area is 115 Å². The first-order valence-electron chi connectivity index (χ1n) is 6.14. The minimum absolute atomic E-state index is 0.00838. The van der Waals surface area contributed by atoms with Crippen LogP contribution in [0.25, 0.3) is 5.76 Å². The average molecular weight is 274 g/mol. The summed E-state index contributed by atoms with van der Waals surface area (Å²) in [5.41, 5.74) is 0.415. The molecule has 104 valence electrons. The Morgan fingerprint density at radius 3 is 2.50 bits per heavy atom. The minimum Gasteiger partial charge on any atom is -0.507 e. The molecule has 1 N–H and O–H groups in total. The second kappa shape index (κ2) is 5.28. The highest BCUT2D eigenvalue weighted by molar-refractivity contribution is 6.52. The largest absolute Gasteiger partial charge is 0.507 e. The molecule has 0 heterocycles. The predicted octanol–water partition coefficient (Wildman–Crippen LogP) is 2.10. The zero-order valence-corrected chi connectivity index (χ0v) is 11.2. The predicted molar refractivity (Wildman–Crippen MR) is 71.8 cm³/mol. The highest BCUT2D eigenvalue weighted by atomic mass is 16.5. The first kappa shape index (κ1) is 14.0. The molecule has 0 saturated heterocycles. The van der Waals surface area contributed by atoms with E-state index >= 15 is 0 Å². The number of hydrogen-bond donors (Lipinski definition) is 1. The average Bonchev–Trinajstić information content (AvgIpc) is 2.44. The number of carbonyl (C=O) groups is 3. The summed E-state index contributed by atoms with van der Waals surface area (Å²) in [4.78, 5) is 35.0. The normalized spacial score (nSPS) is 14.3. The van der Waals surface area contributed by atoms with Crippen molar-refractivity contribution in [1.29, 1.82) is 0 Å². The standard InChI is InChI=1S/C15H14O5/c1-8(16)3-5-11-13(17)12-7-9(20-2)4-6-10(12)14(18)15(11)19/h4,6-7,17H,3,5H2,1-2H3. The van der Waals surface area contributed by atoms with E-state index in [1.165, 1.54) is 26.2 Å². The topological polar surface area (TPSA) is 80.7 Å². The van der Waals surface area contributed by atoms with Gasteiger partial charge >= 0.3 is 0 Å². The van der Waals surface area contributed by atoms with Crippen molar-refractivity contribution in [3.05, 3.63) is 34.9 Å². The molecule has 0 fully saturated rings. The number of Topliss-reactive ketones (excluding diaryl/α,β-unsaturated/α-hetero) is 3. The Morgan fingerprint density at radius 2 is 1.90 bits per heavy atom.